The molecular weight excluding hydrogens is 320 g/mol. The molecule has 5 heteroatoms. The lowest BCUT2D eigenvalue weighted by Gasteiger charge is -2.15. The van der Waals surface area contributed by atoms with Crippen LogP contribution in [0.25, 0.3) is 0 Å². The lowest BCUT2D eigenvalue weighted by atomic mass is 10.1. The van der Waals surface area contributed by atoms with Gasteiger partial charge in [0.05, 0.1) is 22.0 Å². The van der Waals surface area contributed by atoms with Gasteiger partial charge >= 0.3 is 0 Å². The number of ether oxygens (including phenoxy) is 1. The minimum absolute atomic E-state index is 0.408. The van der Waals surface area contributed by atoms with Crippen LogP contribution in [0.1, 0.15) is 36.4 Å². The predicted octanol–water partition coefficient (Wildman–Crippen LogP) is 3.51. The molecule has 0 radical (unpaired) electrons. The monoisotopic (exact) mass is 338 g/mol. The fraction of sp³-hybridized carbons (Fsp3) is 0.400. The molecule has 1 aromatic carbocycles. The van der Waals surface area contributed by atoms with E-state index in [0.29, 0.717) is 18.8 Å². The first-order chi connectivity index (χ1) is 9.54. The van der Waals surface area contributed by atoms with Crippen LogP contribution >= 0.6 is 15.9 Å². The second-order valence-corrected chi connectivity index (χ2v) is 5.51. The van der Waals surface area contributed by atoms with Crippen molar-refractivity contribution in [2.75, 3.05) is 0 Å². The Hall–Kier alpha value is -1.33. The Morgan fingerprint density at radius 1 is 1.40 bits per heavy atom. The average Bonchev–Trinajstić information content (AvgIpc) is 2.70. The van der Waals surface area contributed by atoms with E-state index >= 15 is 0 Å². The molecule has 0 aliphatic carbocycles. The Bertz CT molecular complexity index is 596. The fourth-order valence-electron chi connectivity index (χ4n) is 2.09. The van der Waals surface area contributed by atoms with Crippen LogP contribution in [-0.4, -0.2) is 14.9 Å². The number of aliphatic hydroxyl groups is 1. The number of halogens is 1. The van der Waals surface area contributed by atoms with Crippen molar-refractivity contribution in [1.82, 2.24) is 9.78 Å². The molecule has 1 N–H and O–H groups in total. The quantitative estimate of drug-likeness (QED) is 0.907. The zero-order valence-electron chi connectivity index (χ0n) is 11.9. The second kappa shape index (κ2) is 6.41. The van der Waals surface area contributed by atoms with Crippen molar-refractivity contribution < 1.29 is 9.84 Å². The molecule has 0 saturated carbocycles. The number of benzene rings is 1. The number of aliphatic hydroxyl groups excluding tert-OH is 1. The maximum Gasteiger partial charge on any atom is 0.131 e. The van der Waals surface area contributed by atoms with Crippen LogP contribution in [0.3, 0.4) is 0 Å². The van der Waals surface area contributed by atoms with E-state index in [2.05, 4.69) is 21.0 Å². The van der Waals surface area contributed by atoms with Crippen molar-refractivity contribution in [2.24, 2.45) is 7.05 Å². The first kappa shape index (κ1) is 15.1. The summed E-state index contributed by atoms with van der Waals surface area (Å²) in [7, 11) is 1.89. The largest absolute Gasteiger partial charge is 0.487 e. The van der Waals surface area contributed by atoms with E-state index in [1.165, 1.54) is 0 Å². The Labute approximate surface area is 127 Å². The molecule has 20 heavy (non-hydrogen) atoms. The summed E-state index contributed by atoms with van der Waals surface area (Å²) >= 11 is 3.52. The highest BCUT2D eigenvalue weighted by molar-refractivity contribution is 9.10. The number of aryl methyl sites for hydroxylation is 2. The Kier molecular flexibility index (Phi) is 4.83. The third kappa shape index (κ3) is 3.04. The first-order valence-corrected chi connectivity index (χ1v) is 7.41. The van der Waals surface area contributed by atoms with Crippen molar-refractivity contribution in [1.29, 1.82) is 0 Å². The van der Waals surface area contributed by atoms with Gasteiger partial charge in [-0.3, -0.25) is 4.68 Å². The van der Waals surface area contributed by atoms with Crippen molar-refractivity contribution in [3.05, 3.63) is 45.7 Å². The Balaban J connectivity index is 2.19. The van der Waals surface area contributed by atoms with Crippen molar-refractivity contribution in [2.45, 2.75) is 33.0 Å². The summed E-state index contributed by atoms with van der Waals surface area (Å²) in [5.74, 6) is 0.715. The van der Waals surface area contributed by atoms with Gasteiger partial charge in [0.1, 0.15) is 12.4 Å². The third-order valence-corrected chi connectivity index (χ3v) is 4.32. The van der Waals surface area contributed by atoms with Crippen LogP contribution in [0.4, 0.5) is 0 Å². The topological polar surface area (TPSA) is 47.3 Å². The molecule has 1 atom stereocenters. The van der Waals surface area contributed by atoms with Gasteiger partial charge in [0, 0.05) is 12.6 Å². The van der Waals surface area contributed by atoms with Gasteiger partial charge in [-0.25, -0.2) is 0 Å². The summed E-state index contributed by atoms with van der Waals surface area (Å²) in [6, 6.07) is 7.59. The summed E-state index contributed by atoms with van der Waals surface area (Å²) in [4.78, 5) is 0. The van der Waals surface area contributed by atoms with Gasteiger partial charge in [0.2, 0.25) is 0 Å². The molecule has 2 rings (SSSR count). The van der Waals surface area contributed by atoms with Gasteiger partial charge in [0.15, 0.2) is 0 Å². The van der Waals surface area contributed by atoms with E-state index in [1.54, 1.807) is 4.68 Å². The number of hydrogen-bond acceptors (Lipinski definition) is 3. The van der Waals surface area contributed by atoms with E-state index in [1.807, 2.05) is 45.2 Å². The number of hydrogen-bond donors (Lipinski definition) is 1. The molecule has 0 aliphatic heterocycles. The van der Waals surface area contributed by atoms with Gasteiger partial charge in [-0.05, 0) is 35.3 Å². The van der Waals surface area contributed by atoms with Crippen LogP contribution in [0, 0.1) is 6.92 Å². The average molecular weight is 339 g/mol. The van der Waals surface area contributed by atoms with Crippen molar-refractivity contribution >= 4 is 15.9 Å². The van der Waals surface area contributed by atoms with Crippen LogP contribution < -0.4 is 4.74 Å². The molecule has 0 spiro atoms. The summed E-state index contributed by atoms with van der Waals surface area (Å²) < 4.78 is 8.64. The van der Waals surface area contributed by atoms with Crippen LogP contribution in [-0.2, 0) is 13.7 Å². The highest BCUT2D eigenvalue weighted by Crippen LogP contribution is 2.28. The summed E-state index contributed by atoms with van der Waals surface area (Å²) in [5, 5.41) is 14.4. The van der Waals surface area contributed by atoms with Crippen LogP contribution in [0.2, 0.25) is 0 Å². The Morgan fingerprint density at radius 2 is 2.10 bits per heavy atom. The minimum atomic E-state index is -0.497. The Morgan fingerprint density at radius 3 is 2.70 bits per heavy atom. The maximum absolute atomic E-state index is 10.0. The lowest BCUT2D eigenvalue weighted by Crippen LogP contribution is -2.06. The zero-order chi connectivity index (χ0) is 14.7. The summed E-state index contributed by atoms with van der Waals surface area (Å²) in [5.41, 5.74) is 2.74. The van der Waals surface area contributed by atoms with Gasteiger partial charge in [0.25, 0.3) is 0 Å². The van der Waals surface area contributed by atoms with E-state index in [4.69, 9.17) is 4.74 Å². The van der Waals surface area contributed by atoms with Gasteiger partial charge in [-0.15, -0.1) is 0 Å². The molecule has 1 aromatic heterocycles. The molecular formula is C15H19BrN2O2. The van der Waals surface area contributed by atoms with Crippen LogP contribution in [0.15, 0.2) is 28.7 Å². The van der Waals surface area contributed by atoms with E-state index in [-0.39, 0.29) is 0 Å². The summed E-state index contributed by atoms with van der Waals surface area (Å²) in [6.45, 7) is 4.30. The SMILES string of the molecule is CC[C@H](O)c1ccccc1OCc1c(Br)c(C)nn1C. The second-order valence-electron chi connectivity index (χ2n) is 4.72. The maximum atomic E-state index is 10.0. The number of para-hydroxylation sites is 1. The normalized spacial score (nSPS) is 12.4. The van der Waals surface area contributed by atoms with E-state index in [9.17, 15) is 5.11 Å². The molecule has 0 aliphatic rings. The minimum Gasteiger partial charge on any atom is -0.487 e. The van der Waals surface area contributed by atoms with Gasteiger partial charge < -0.3 is 9.84 Å². The molecule has 4 nitrogen and oxygen atoms in total. The molecule has 0 amide bonds. The predicted molar refractivity (Wildman–Crippen MR) is 81.7 cm³/mol. The number of aromatic nitrogens is 2. The van der Waals surface area contributed by atoms with Crippen molar-refractivity contribution in [3.8, 4) is 5.75 Å². The standard InChI is InChI=1S/C15H19BrN2O2/c1-4-13(19)11-7-5-6-8-14(11)20-9-12-15(16)10(2)17-18(12)3/h5-8,13,19H,4,9H2,1-3H3/t13-/m0/s1. The van der Waals surface area contributed by atoms with E-state index in [0.717, 1.165) is 21.4 Å². The number of rotatable bonds is 5. The fourth-order valence-corrected chi connectivity index (χ4v) is 2.54. The summed E-state index contributed by atoms with van der Waals surface area (Å²) in [6.07, 6.45) is 0.164. The van der Waals surface area contributed by atoms with Gasteiger partial charge in [-0.2, -0.15) is 5.10 Å². The van der Waals surface area contributed by atoms with E-state index < -0.39 is 6.10 Å². The first-order valence-electron chi connectivity index (χ1n) is 6.62. The molecule has 0 bridgehead atoms. The van der Waals surface area contributed by atoms with Gasteiger partial charge in [-0.1, -0.05) is 25.1 Å². The third-order valence-electron chi connectivity index (χ3n) is 3.29. The molecule has 0 saturated heterocycles. The highest BCUT2D eigenvalue weighted by Gasteiger charge is 2.14. The molecule has 2 aromatic rings. The molecule has 0 unspecified atom stereocenters. The lowest BCUT2D eigenvalue weighted by molar-refractivity contribution is 0.166. The van der Waals surface area contributed by atoms with Crippen LogP contribution in [0.5, 0.6) is 5.75 Å². The zero-order valence-corrected chi connectivity index (χ0v) is 13.5. The molecule has 1 heterocycles. The highest BCUT2D eigenvalue weighted by atomic mass is 79.9. The van der Waals surface area contributed by atoms with Crippen molar-refractivity contribution in [3.63, 3.8) is 0 Å². The molecule has 0 fully saturated rings. The molecule has 108 valence electrons. The smallest absolute Gasteiger partial charge is 0.131 e. The number of nitrogens with zero attached hydrogens (tertiary/aromatic N) is 2.